The highest BCUT2D eigenvalue weighted by molar-refractivity contribution is 5.98. The molecule has 0 aliphatic carbocycles. The zero-order valence-electron chi connectivity index (χ0n) is 15.0. The van der Waals surface area contributed by atoms with Crippen LogP contribution in [0.4, 0.5) is 10.1 Å². The third kappa shape index (κ3) is 4.15. The molecule has 0 aliphatic rings. The molecule has 0 fully saturated rings. The van der Waals surface area contributed by atoms with E-state index >= 15 is 0 Å². The first-order valence-electron chi connectivity index (χ1n) is 8.44. The van der Waals surface area contributed by atoms with Gasteiger partial charge in [0.05, 0.1) is 17.6 Å². The van der Waals surface area contributed by atoms with Crippen LogP contribution in [-0.2, 0) is 6.54 Å². The molecule has 1 N–H and O–H groups in total. The number of nitrogens with one attached hydrogen (secondary N) is 1. The van der Waals surface area contributed by atoms with Gasteiger partial charge in [-0.25, -0.2) is 4.39 Å². The van der Waals surface area contributed by atoms with E-state index in [0.29, 0.717) is 11.1 Å². The van der Waals surface area contributed by atoms with E-state index in [1.54, 1.807) is 36.4 Å². The number of non-ortho nitro benzene ring substituents is 1. The van der Waals surface area contributed by atoms with Crippen molar-refractivity contribution < 1.29 is 18.8 Å². The summed E-state index contributed by atoms with van der Waals surface area (Å²) in [7, 11) is 1.36. The van der Waals surface area contributed by atoms with E-state index < -0.39 is 16.6 Å². The van der Waals surface area contributed by atoms with Crippen molar-refractivity contribution in [3.63, 3.8) is 0 Å². The maximum atomic E-state index is 14.5. The summed E-state index contributed by atoms with van der Waals surface area (Å²) in [4.78, 5) is 23.0. The lowest BCUT2D eigenvalue weighted by Gasteiger charge is -2.13. The standard InChI is InChI=1S/C21H17FN2O4/c1-28-20-12-19(22)17(15-7-3-2-4-8-15)11-18(20)21(25)23-13-14-6-5-9-16(10-14)24(26)27/h2-12H,13H2,1H3,(H,23,25). The van der Waals surface area contributed by atoms with Crippen molar-refractivity contribution in [1.82, 2.24) is 5.32 Å². The Kier molecular flexibility index (Phi) is 5.64. The van der Waals surface area contributed by atoms with Crippen LogP contribution < -0.4 is 10.1 Å². The Morgan fingerprint density at radius 1 is 1.11 bits per heavy atom. The zero-order chi connectivity index (χ0) is 20.1. The highest BCUT2D eigenvalue weighted by atomic mass is 19.1. The van der Waals surface area contributed by atoms with Crippen molar-refractivity contribution in [3.05, 3.63) is 93.8 Å². The molecule has 3 aromatic carbocycles. The van der Waals surface area contributed by atoms with Gasteiger partial charge in [0.2, 0.25) is 0 Å². The number of benzene rings is 3. The number of nitro groups is 1. The molecule has 0 saturated carbocycles. The monoisotopic (exact) mass is 380 g/mol. The fourth-order valence-corrected chi connectivity index (χ4v) is 2.80. The number of nitro benzene ring substituents is 1. The smallest absolute Gasteiger partial charge is 0.269 e. The molecule has 0 aliphatic heterocycles. The quantitative estimate of drug-likeness (QED) is 0.509. The van der Waals surface area contributed by atoms with E-state index in [9.17, 15) is 19.3 Å². The van der Waals surface area contributed by atoms with Crippen LogP contribution in [0.5, 0.6) is 5.75 Å². The van der Waals surface area contributed by atoms with Crippen molar-refractivity contribution in [1.29, 1.82) is 0 Å². The molecule has 0 bridgehead atoms. The third-order valence-electron chi connectivity index (χ3n) is 4.19. The molecular formula is C21H17FN2O4. The summed E-state index contributed by atoms with van der Waals surface area (Å²) in [6, 6.07) is 17.5. The van der Waals surface area contributed by atoms with Gasteiger partial charge in [-0.2, -0.15) is 0 Å². The molecule has 0 saturated heterocycles. The van der Waals surface area contributed by atoms with Crippen LogP contribution in [0.15, 0.2) is 66.7 Å². The summed E-state index contributed by atoms with van der Waals surface area (Å²) in [5.74, 6) is -0.868. The van der Waals surface area contributed by atoms with E-state index in [4.69, 9.17) is 4.74 Å². The van der Waals surface area contributed by atoms with Crippen molar-refractivity contribution in [3.8, 4) is 16.9 Å². The summed E-state index contributed by atoms with van der Waals surface area (Å²) in [5, 5.41) is 13.6. The van der Waals surface area contributed by atoms with Crippen LogP contribution in [0.25, 0.3) is 11.1 Å². The summed E-state index contributed by atoms with van der Waals surface area (Å²) in [5.41, 5.74) is 1.61. The molecular weight excluding hydrogens is 363 g/mol. The van der Waals surface area contributed by atoms with Crippen LogP contribution in [-0.4, -0.2) is 17.9 Å². The molecule has 6 nitrogen and oxygen atoms in total. The number of hydrogen-bond acceptors (Lipinski definition) is 4. The molecule has 28 heavy (non-hydrogen) atoms. The van der Waals surface area contributed by atoms with Crippen molar-refractivity contribution in [2.45, 2.75) is 6.54 Å². The lowest BCUT2D eigenvalue weighted by molar-refractivity contribution is -0.384. The molecule has 0 radical (unpaired) electrons. The van der Waals surface area contributed by atoms with Gasteiger partial charge in [-0.1, -0.05) is 42.5 Å². The molecule has 0 atom stereocenters. The Morgan fingerprint density at radius 2 is 1.86 bits per heavy atom. The number of carbonyl (C=O) groups is 1. The average Bonchev–Trinajstić information content (AvgIpc) is 2.72. The normalized spacial score (nSPS) is 10.4. The Bertz CT molecular complexity index is 1020. The van der Waals surface area contributed by atoms with Crippen molar-refractivity contribution >= 4 is 11.6 Å². The number of halogens is 1. The van der Waals surface area contributed by atoms with Gasteiger partial charge in [0.15, 0.2) is 0 Å². The topological polar surface area (TPSA) is 81.5 Å². The summed E-state index contributed by atoms with van der Waals surface area (Å²) >= 11 is 0. The SMILES string of the molecule is COc1cc(F)c(-c2ccccc2)cc1C(=O)NCc1cccc([N+](=O)[O-])c1. The Morgan fingerprint density at radius 3 is 2.54 bits per heavy atom. The molecule has 3 aromatic rings. The Hall–Kier alpha value is -3.74. The molecule has 1 amide bonds. The van der Waals surface area contributed by atoms with Gasteiger partial charge < -0.3 is 10.1 Å². The summed E-state index contributed by atoms with van der Waals surface area (Å²) in [6.45, 7) is 0.0850. The fourth-order valence-electron chi connectivity index (χ4n) is 2.80. The highest BCUT2D eigenvalue weighted by Gasteiger charge is 2.18. The molecule has 3 rings (SSSR count). The van der Waals surface area contributed by atoms with Crippen LogP contribution in [0.1, 0.15) is 15.9 Å². The maximum Gasteiger partial charge on any atom is 0.269 e. The number of amides is 1. The number of carbonyl (C=O) groups excluding carboxylic acids is 1. The van der Waals surface area contributed by atoms with Crippen molar-refractivity contribution in [2.75, 3.05) is 7.11 Å². The summed E-state index contributed by atoms with van der Waals surface area (Å²) in [6.07, 6.45) is 0. The Balaban J connectivity index is 1.86. The van der Waals surface area contributed by atoms with Gasteiger partial charge in [-0.3, -0.25) is 14.9 Å². The van der Waals surface area contributed by atoms with E-state index in [2.05, 4.69) is 5.32 Å². The first-order valence-corrected chi connectivity index (χ1v) is 8.44. The molecule has 0 heterocycles. The Labute approximate surface area is 160 Å². The van der Waals surface area contributed by atoms with Crippen molar-refractivity contribution in [2.24, 2.45) is 0 Å². The number of ether oxygens (including phenoxy) is 1. The number of rotatable bonds is 6. The average molecular weight is 380 g/mol. The lowest BCUT2D eigenvalue weighted by Crippen LogP contribution is -2.23. The van der Waals surface area contributed by atoms with Gasteiger partial charge in [0.1, 0.15) is 11.6 Å². The van der Waals surface area contributed by atoms with E-state index in [1.165, 1.54) is 31.4 Å². The lowest BCUT2D eigenvalue weighted by atomic mass is 10.0. The number of hydrogen-bond donors (Lipinski definition) is 1. The minimum Gasteiger partial charge on any atom is -0.496 e. The van der Waals surface area contributed by atoms with Gasteiger partial charge in [-0.05, 0) is 17.2 Å². The minimum atomic E-state index is -0.502. The molecule has 0 spiro atoms. The fraction of sp³-hybridized carbons (Fsp3) is 0.0952. The van der Waals surface area contributed by atoms with E-state index in [-0.39, 0.29) is 29.1 Å². The molecule has 142 valence electrons. The number of methoxy groups -OCH3 is 1. The maximum absolute atomic E-state index is 14.5. The molecule has 7 heteroatoms. The largest absolute Gasteiger partial charge is 0.496 e. The predicted molar refractivity (Wildman–Crippen MR) is 103 cm³/mol. The van der Waals surface area contributed by atoms with Gasteiger partial charge >= 0.3 is 0 Å². The first-order chi connectivity index (χ1) is 13.5. The highest BCUT2D eigenvalue weighted by Crippen LogP contribution is 2.30. The second-order valence-electron chi connectivity index (χ2n) is 6.01. The molecule has 0 aromatic heterocycles. The minimum absolute atomic E-state index is 0.0579. The van der Waals surface area contributed by atoms with Gasteiger partial charge in [0.25, 0.3) is 11.6 Å². The molecule has 0 unspecified atom stereocenters. The number of nitrogens with zero attached hydrogens (tertiary/aromatic N) is 1. The van der Waals surface area contributed by atoms with E-state index in [0.717, 1.165) is 0 Å². The van der Waals surface area contributed by atoms with Gasteiger partial charge in [-0.15, -0.1) is 0 Å². The third-order valence-corrected chi connectivity index (χ3v) is 4.19. The second-order valence-corrected chi connectivity index (χ2v) is 6.01. The van der Waals surface area contributed by atoms with Crippen LogP contribution in [0.2, 0.25) is 0 Å². The van der Waals surface area contributed by atoms with E-state index in [1.807, 2.05) is 6.07 Å². The summed E-state index contributed by atoms with van der Waals surface area (Å²) < 4.78 is 19.6. The van der Waals surface area contributed by atoms with Crippen LogP contribution in [0.3, 0.4) is 0 Å². The zero-order valence-corrected chi connectivity index (χ0v) is 15.0. The predicted octanol–water partition coefficient (Wildman–Crippen LogP) is 4.34. The van der Waals surface area contributed by atoms with Gasteiger partial charge in [0, 0.05) is 30.3 Å². The van der Waals surface area contributed by atoms with Crippen LogP contribution >= 0.6 is 0 Å². The first kappa shape index (κ1) is 19.0. The second kappa shape index (κ2) is 8.30. The van der Waals surface area contributed by atoms with Crippen LogP contribution in [0, 0.1) is 15.9 Å².